The number of imidazole rings is 1. The van der Waals surface area contributed by atoms with Crippen molar-refractivity contribution in [2.75, 3.05) is 13.1 Å². The number of hydrogen-bond donors (Lipinski definition) is 1. The summed E-state index contributed by atoms with van der Waals surface area (Å²) < 4.78 is 4.23. The fourth-order valence-electron chi connectivity index (χ4n) is 2.56. The lowest BCUT2D eigenvalue weighted by Gasteiger charge is -2.25. The number of nitrogens with one attached hydrogen (secondary N) is 1. The molecule has 0 spiro atoms. The Morgan fingerprint density at radius 2 is 2.39 bits per heavy atom. The quantitative estimate of drug-likeness (QED) is 0.895. The molecule has 3 rings (SSSR count). The molecule has 1 aliphatic rings. The lowest BCUT2D eigenvalue weighted by Crippen LogP contribution is -2.31. The molecule has 1 N–H and O–H groups in total. The summed E-state index contributed by atoms with van der Waals surface area (Å²) in [6.07, 6.45) is 10.3. The average molecular weight is 245 g/mol. The van der Waals surface area contributed by atoms with E-state index in [1.807, 2.05) is 23.4 Å². The summed E-state index contributed by atoms with van der Waals surface area (Å²) >= 11 is 0. The maximum Gasteiger partial charge on any atom is 0.0954 e. The Labute approximate surface area is 107 Å². The van der Waals surface area contributed by atoms with Crippen molar-refractivity contribution in [3.63, 3.8) is 0 Å². The van der Waals surface area contributed by atoms with Crippen molar-refractivity contribution < 1.29 is 0 Å². The molecule has 0 radical (unpaired) electrons. The third-order valence-corrected chi connectivity index (χ3v) is 3.58. The minimum Gasteiger partial charge on any atom is -0.326 e. The average Bonchev–Trinajstić information content (AvgIpc) is 3.08. The Hall–Kier alpha value is -1.62. The third-order valence-electron chi connectivity index (χ3n) is 3.58. The van der Waals surface area contributed by atoms with E-state index in [9.17, 15) is 0 Å². The topological polar surface area (TPSA) is 47.7 Å². The summed E-state index contributed by atoms with van der Waals surface area (Å²) in [6.45, 7) is 5.16. The Morgan fingerprint density at radius 1 is 1.44 bits per heavy atom. The van der Waals surface area contributed by atoms with Gasteiger partial charge in [0.2, 0.25) is 0 Å². The van der Waals surface area contributed by atoms with Crippen molar-refractivity contribution in [1.29, 1.82) is 0 Å². The molecule has 3 heterocycles. The molecule has 0 bridgehead atoms. The zero-order chi connectivity index (χ0) is 12.4. The number of hydrogen-bond acceptors (Lipinski definition) is 3. The molecule has 2 aromatic rings. The minimum absolute atomic E-state index is 0.515. The van der Waals surface area contributed by atoms with E-state index < -0.39 is 0 Å². The van der Waals surface area contributed by atoms with E-state index in [0.29, 0.717) is 6.04 Å². The first kappa shape index (κ1) is 11.5. The molecule has 5 nitrogen and oxygen atoms in total. The van der Waals surface area contributed by atoms with Crippen LogP contribution in [0.15, 0.2) is 24.9 Å². The van der Waals surface area contributed by atoms with Gasteiger partial charge in [-0.25, -0.2) is 4.98 Å². The summed E-state index contributed by atoms with van der Waals surface area (Å²) in [5.74, 6) is 0. The predicted molar refractivity (Wildman–Crippen MR) is 70.3 cm³/mol. The molecular weight excluding hydrogens is 226 g/mol. The SMILES string of the molecule is CCn1cc(-c2cncn2C2CCCNC2)cn1. The zero-order valence-corrected chi connectivity index (χ0v) is 10.7. The van der Waals surface area contributed by atoms with Crippen molar-refractivity contribution in [2.45, 2.75) is 32.4 Å². The van der Waals surface area contributed by atoms with Crippen LogP contribution in [0.5, 0.6) is 0 Å². The molecule has 0 amide bonds. The molecular formula is C13H19N5. The summed E-state index contributed by atoms with van der Waals surface area (Å²) in [4.78, 5) is 4.31. The number of rotatable bonds is 3. The van der Waals surface area contributed by atoms with Crippen molar-refractivity contribution in [2.24, 2.45) is 0 Å². The molecule has 1 atom stereocenters. The second-order valence-electron chi connectivity index (χ2n) is 4.77. The monoisotopic (exact) mass is 245 g/mol. The smallest absolute Gasteiger partial charge is 0.0954 e. The van der Waals surface area contributed by atoms with Gasteiger partial charge in [-0.2, -0.15) is 5.10 Å². The first-order chi connectivity index (χ1) is 8.88. The highest BCUT2D eigenvalue weighted by Crippen LogP contribution is 2.25. The highest BCUT2D eigenvalue weighted by atomic mass is 15.3. The van der Waals surface area contributed by atoms with Crippen LogP contribution >= 0.6 is 0 Å². The number of piperidine rings is 1. The second kappa shape index (κ2) is 4.94. The van der Waals surface area contributed by atoms with Gasteiger partial charge in [-0.05, 0) is 26.3 Å². The zero-order valence-electron chi connectivity index (χ0n) is 10.7. The molecule has 0 aliphatic carbocycles. The van der Waals surface area contributed by atoms with Crippen LogP contribution in [-0.4, -0.2) is 32.4 Å². The largest absolute Gasteiger partial charge is 0.326 e. The first-order valence-corrected chi connectivity index (χ1v) is 6.64. The third kappa shape index (κ3) is 2.06. The van der Waals surface area contributed by atoms with Crippen LogP contribution in [0.2, 0.25) is 0 Å². The molecule has 0 aromatic carbocycles. The summed E-state index contributed by atoms with van der Waals surface area (Å²) in [5, 5.41) is 7.79. The predicted octanol–water partition coefficient (Wildman–Crippen LogP) is 1.69. The van der Waals surface area contributed by atoms with E-state index in [2.05, 4.69) is 33.1 Å². The Morgan fingerprint density at radius 3 is 3.11 bits per heavy atom. The highest BCUT2D eigenvalue weighted by Gasteiger charge is 2.18. The van der Waals surface area contributed by atoms with Crippen molar-refractivity contribution in [3.8, 4) is 11.3 Å². The van der Waals surface area contributed by atoms with Gasteiger partial charge in [0.15, 0.2) is 0 Å². The fraction of sp³-hybridized carbons (Fsp3) is 0.538. The van der Waals surface area contributed by atoms with Crippen LogP contribution < -0.4 is 5.32 Å². The van der Waals surface area contributed by atoms with Crippen LogP contribution in [0.25, 0.3) is 11.3 Å². The second-order valence-corrected chi connectivity index (χ2v) is 4.77. The van der Waals surface area contributed by atoms with Crippen LogP contribution in [0.3, 0.4) is 0 Å². The van der Waals surface area contributed by atoms with Gasteiger partial charge in [-0.3, -0.25) is 4.68 Å². The van der Waals surface area contributed by atoms with Gasteiger partial charge in [-0.1, -0.05) is 0 Å². The van der Waals surface area contributed by atoms with E-state index in [1.54, 1.807) is 0 Å². The molecule has 5 heteroatoms. The van der Waals surface area contributed by atoms with Gasteiger partial charge >= 0.3 is 0 Å². The van der Waals surface area contributed by atoms with E-state index >= 15 is 0 Å². The van der Waals surface area contributed by atoms with Gasteiger partial charge in [-0.15, -0.1) is 0 Å². The van der Waals surface area contributed by atoms with Crippen molar-refractivity contribution >= 4 is 0 Å². The molecule has 1 saturated heterocycles. The fourth-order valence-corrected chi connectivity index (χ4v) is 2.56. The molecule has 1 fully saturated rings. The molecule has 2 aromatic heterocycles. The summed E-state index contributed by atoms with van der Waals surface area (Å²) in [6, 6.07) is 0.515. The van der Waals surface area contributed by atoms with E-state index in [4.69, 9.17) is 0 Å². The van der Waals surface area contributed by atoms with Gasteiger partial charge in [0.1, 0.15) is 0 Å². The molecule has 96 valence electrons. The van der Waals surface area contributed by atoms with Crippen molar-refractivity contribution in [3.05, 3.63) is 24.9 Å². The van der Waals surface area contributed by atoms with Crippen LogP contribution in [-0.2, 0) is 6.54 Å². The molecule has 1 unspecified atom stereocenters. The van der Waals surface area contributed by atoms with Gasteiger partial charge in [0, 0.05) is 30.9 Å². The Bertz CT molecular complexity index is 507. The van der Waals surface area contributed by atoms with E-state index in [-0.39, 0.29) is 0 Å². The molecule has 1 aliphatic heterocycles. The van der Waals surface area contributed by atoms with Gasteiger partial charge < -0.3 is 9.88 Å². The normalized spacial score (nSPS) is 20.2. The minimum atomic E-state index is 0.515. The van der Waals surface area contributed by atoms with Crippen LogP contribution in [0.4, 0.5) is 0 Å². The lowest BCUT2D eigenvalue weighted by molar-refractivity contribution is 0.373. The van der Waals surface area contributed by atoms with Gasteiger partial charge in [0.05, 0.1) is 24.4 Å². The maximum absolute atomic E-state index is 4.34. The lowest BCUT2D eigenvalue weighted by atomic mass is 10.1. The summed E-state index contributed by atoms with van der Waals surface area (Å²) in [7, 11) is 0. The van der Waals surface area contributed by atoms with Crippen molar-refractivity contribution in [1.82, 2.24) is 24.6 Å². The maximum atomic E-state index is 4.34. The van der Waals surface area contributed by atoms with Crippen LogP contribution in [0, 0.1) is 0 Å². The highest BCUT2D eigenvalue weighted by molar-refractivity contribution is 5.56. The Kier molecular flexibility index (Phi) is 3.15. The van der Waals surface area contributed by atoms with Crippen LogP contribution in [0.1, 0.15) is 25.8 Å². The van der Waals surface area contributed by atoms with E-state index in [0.717, 1.165) is 25.2 Å². The molecule has 18 heavy (non-hydrogen) atoms. The first-order valence-electron chi connectivity index (χ1n) is 6.64. The summed E-state index contributed by atoms with van der Waals surface area (Å²) in [5.41, 5.74) is 2.32. The Balaban J connectivity index is 1.90. The van der Waals surface area contributed by atoms with Gasteiger partial charge in [0.25, 0.3) is 0 Å². The van der Waals surface area contributed by atoms with E-state index in [1.165, 1.54) is 18.5 Å². The standard InChI is InChI=1S/C13H19N5/c1-2-17-9-11(6-16-17)13-8-15-10-18(13)12-4-3-5-14-7-12/h6,8-10,12,14H,2-5,7H2,1H3. The number of aromatic nitrogens is 4. The number of aryl methyl sites for hydroxylation is 1. The number of nitrogens with zero attached hydrogens (tertiary/aromatic N) is 4. The molecule has 0 saturated carbocycles.